The van der Waals surface area contributed by atoms with Gasteiger partial charge < -0.3 is 10.5 Å². The summed E-state index contributed by atoms with van der Waals surface area (Å²) in [6.07, 6.45) is 2.37. The highest BCUT2D eigenvalue weighted by atomic mass is 32.2. The highest BCUT2D eigenvalue weighted by molar-refractivity contribution is 8.02. The normalized spacial score (nSPS) is 10.4. The summed E-state index contributed by atoms with van der Waals surface area (Å²) in [5, 5.41) is 1.72. The summed E-state index contributed by atoms with van der Waals surface area (Å²) in [6, 6.07) is 0. The number of carbonyl (C=O) groups is 1. The van der Waals surface area contributed by atoms with Crippen molar-refractivity contribution in [2.75, 3.05) is 19.4 Å². The van der Waals surface area contributed by atoms with E-state index in [0.29, 0.717) is 6.54 Å². The fourth-order valence-corrected chi connectivity index (χ4v) is 1.08. The monoisotopic (exact) mass is 175 g/mol. The van der Waals surface area contributed by atoms with Crippen LogP contribution in [0.5, 0.6) is 0 Å². The molecule has 0 saturated carbocycles. The van der Waals surface area contributed by atoms with E-state index in [1.165, 1.54) is 13.2 Å². The van der Waals surface area contributed by atoms with Crippen LogP contribution >= 0.6 is 11.8 Å². The summed E-state index contributed by atoms with van der Waals surface area (Å²) < 4.78 is 4.39. The minimum atomic E-state index is -0.315. The Morgan fingerprint density at radius 3 is 3.00 bits per heavy atom. The Morgan fingerprint density at radius 2 is 2.45 bits per heavy atom. The summed E-state index contributed by atoms with van der Waals surface area (Å²) in [7, 11) is 1.36. The van der Waals surface area contributed by atoms with Crippen LogP contribution in [0.3, 0.4) is 0 Å². The quantitative estimate of drug-likeness (QED) is 0.380. The summed E-state index contributed by atoms with van der Waals surface area (Å²) >= 11 is 1.56. The van der Waals surface area contributed by atoms with Crippen LogP contribution in [0.25, 0.3) is 0 Å². The van der Waals surface area contributed by atoms with Gasteiger partial charge in [-0.3, -0.25) is 0 Å². The molecule has 0 aromatic heterocycles. The van der Waals surface area contributed by atoms with Gasteiger partial charge in [0.25, 0.3) is 0 Å². The summed E-state index contributed by atoms with van der Waals surface area (Å²) in [5.41, 5.74) is 5.27. The highest BCUT2D eigenvalue weighted by Crippen LogP contribution is 2.02. The Morgan fingerprint density at radius 1 is 1.73 bits per heavy atom. The van der Waals surface area contributed by atoms with E-state index in [-0.39, 0.29) is 5.97 Å². The Labute approximate surface area is 71.0 Å². The van der Waals surface area contributed by atoms with Crippen LogP contribution in [0.2, 0.25) is 0 Å². The van der Waals surface area contributed by atoms with E-state index >= 15 is 0 Å². The van der Waals surface area contributed by atoms with Gasteiger partial charge in [-0.1, -0.05) is 0 Å². The second-order valence-corrected chi connectivity index (χ2v) is 2.85. The number of carbonyl (C=O) groups excluding carboxylic acids is 1. The van der Waals surface area contributed by atoms with Crippen LogP contribution in [0, 0.1) is 0 Å². The van der Waals surface area contributed by atoms with Crippen molar-refractivity contribution in [1.82, 2.24) is 0 Å². The molecular weight excluding hydrogens is 162 g/mol. The lowest BCUT2D eigenvalue weighted by molar-refractivity contribution is -0.134. The minimum absolute atomic E-state index is 0.315. The first kappa shape index (κ1) is 10.5. The van der Waals surface area contributed by atoms with E-state index in [1.807, 2.05) is 0 Å². The average Bonchev–Trinajstić information content (AvgIpc) is 2.04. The first-order valence-electron chi connectivity index (χ1n) is 3.37. The third-order valence-corrected chi connectivity index (χ3v) is 1.82. The maximum Gasteiger partial charge on any atom is 0.330 e. The lowest BCUT2D eigenvalue weighted by Crippen LogP contribution is -1.98. The predicted molar refractivity (Wildman–Crippen MR) is 47.3 cm³/mol. The molecule has 0 aromatic carbocycles. The van der Waals surface area contributed by atoms with E-state index in [2.05, 4.69) is 4.74 Å². The van der Waals surface area contributed by atoms with Crippen molar-refractivity contribution in [3.8, 4) is 0 Å². The van der Waals surface area contributed by atoms with Crippen molar-refractivity contribution in [2.45, 2.75) is 6.42 Å². The zero-order valence-corrected chi connectivity index (χ0v) is 7.39. The molecule has 0 spiro atoms. The Bertz CT molecular complexity index is 136. The van der Waals surface area contributed by atoms with Gasteiger partial charge in [-0.15, -0.1) is 11.8 Å². The third kappa shape index (κ3) is 7.42. The average molecular weight is 175 g/mol. The maximum atomic E-state index is 10.5. The van der Waals surface area contributed by atoms with E-state index in [1.54, 1.807) is 17.2 Å². The molecule has 0 saturated heterocycles. The molecule has 3 nitrogen and oxygen atoms in total. The second-order valence-electron chi connectivity index (χ2n) is 1.84. The van der Waals surface area contributed by atoms with Crippen molar-refractivity contribution in [1.29, 1.82) is 0 Å². The zero-order valence-electron chi connectivity index (χ0n) is 6.58. The van der Waals surface area contributed by atoms with Crippen molar-refractivity contribution in [3.63, 3.8) is 0 Å². The molecule has 4 heteroatoms. The van der Waals surface area contributed by atoms with Gasteiger partial charge in [-0.05, 0) is 24.1 Å². The standard InChI is InChI=1S/C7H13NO2S/c1-10-7(9)3-6-11-5-2-4-8/h3,6H,2,4-5,8H2,1H3. The fraction of sp³-hybridized carbons (Fsp3) is 0.571. The van der Waals surface area contributed by atoms with Gasteiger partial charge in [0.15, 0.2) is 0 Å². The minimum Gasteiger partial charge on any atom is -0.466 e. The number of esters is 1. The number of thioether (sulfide) groups is 1. The molecule has 0 bridgehead atoms. The smallest absolute Gasteiger partial charge is 0.330 e. The lowest BCUT2D eigenvalue weighted by Gasteiger charge is -1.91. The van der Waals surface area contributed by atoms with Gasteiger partial charge in [0.05, 0.1) is 7.11 Å². The van der Waals surface area contributed by atoms with Crippen LogP contribution in [0.1, 0.15) is 6.42 Å². The second kappa shape index (κ2) is 7.63. The summed E-state index contributed by atoms with van der Waals surface area (Å²) in [5.74, 6) is 0.634. The predicted octanol–water partition coefficient (Wildman–Crippen LogP) is 0.755. The van der Waals surface area contributed by atoms with Gasteiger partial charge in [0.2, 0.25) is 0 Å². The highest BCUT2D eigenvalue weighted by Gasteiger charge is 1.88. The fourth-order valence-electron chi connectivity index (χ4n) is 0.406. The van der Waals surface area contributed by atoms with E-state index in [4.69, 9.17) is 5.73 Å². The van der Waals surface area contributed by atoms with Gasteiger partial charge >= 0.3 is 5.97 Å². The molecule has 0 radical (unpaired) electrons. The Kier molecular flexibility index (Phi) is 7.29. The first-order valence-corrected chi connectivity index (χ1v) is 4.42. The molecule has 0 amide bonds. The van der Waals surface area contributed by atoms with E-state index in [0.717, 1.165) is 12.2 Å². The molecule has 0 fully saturated rings. The molecule has 0 aliphatic carbocycles. The molecule has 2 N–H and O–H groups in total. The number of nitrogens with two attached hydrogens (primary N) is 1. The van der Waals surface area contributed by atoms with Crippen molar-refractivity contribution in [2.24, 2.45) is 5.73 Å². The summed E-state index contributed by atoms with van der Waals surface area (Å²) in [4.78, 5) is 10.5. The van der Waals surface area contributed by atoms with E-state index < -0.39 is 0 Å². The molecule has 64 valence electrons. The topological polar surface area (TPSA) is 52.3 Å². The van der Waals surface area contributed by atoms with Crippen LogP contribution in [0.15, 0.2) is 11.5 Å². The Hall–Kier alpha value is -0.480. The zero-order chi connectivity index (χ0) is 8.53. The molecule has 0 aliphatic heterocycles. The van der Waals surface area contributed by atoms with Crippen LogP contribution in [-0.2, 0) is 9.53 Å². The molecule has 0 heterocycles. The van der Waals surface area contributed by atoms with Crippen molar-refractivity contribution >= 4 is 17.7 Å². The third-order valence-electron chi connectivity index (χ3n) is 0.968. The molecule has 0 aromatic rings. The van der Waals surface area contributed by atoms with Crippen LogP contribution in [-0.4, -0.2) is 25.4 Å². The number of ether oxygens (including phenoxy) is 1. The van der Waals surface area contributed by atoms with E-state index in [9.17, 15) is 4.79 Å². The SMILES string of the molecule is COC(=O)C=CSCCCN. The number of methoxy groups -OCH3 is 1. The first-order chi connectivity index (χ1) is 5.31. The molecule has 0 aliphatic rings. The molecular formula is C7H13NO2S. The Balaban J connectivity index is 3.22. The molecule has 0 rings (SSSR count). The van der Waals surface area contributed by atoms with Crippen LogP contribution < -0.4 is 5.73 Å². The maximum absolute atomic E-state index is 10.5. The van der Waals surface area contributed by atoms with Gasteiger partial charge in [-0.25, -0.2) is 4.79 Å². The van der Waals surface area contributed by atoms with Crippen molar-refractivity contribution in [3.05, 3.63) is 11.5 Å². The molecule has 0 unspecified atom stereocenters. The summed E-state index contributed by atoms with van der Waals surface area (Å²) in [6.45, 7) is 0.694. The number of hydrogen-bond donors (Lipinski definition) is 1. The number of rotatable bonds is 5. The molecule has 11 heavy (non-hydrogen) atoms. The molecule has 0 atom stereocenters. The van der Waals surface area contributed by atoms with Crippen LogP contribution in [0.4, 0.5) is 0 Å². The van der Waals surface area contributed by atoms with Gasteiger partial charge in [0.1, 0.15) is 0 Å². The van der Waals surface area contributed by atoms with Gasteiger partial charge in [-0.2, -0.15) is 0 Å². The largest absolute Gasteiger partial charge is 0.466 e. The van der Waals surface area contributed by atoms with Gasteiger partial charge in [0, 0.05) is 6.08 Å². The number of hydrogen-bond acceptors (Lipinski definition) is 4. The van der Waals surface area contributed by atoms with Crippen molar-refractivity contribution < 1.29 is 9.53 Å². The lowest BCUT2D eigenvalue weighted by atomic mass is 10.5.